The van der Waals surface area contributed by atoms with Crippen molar-refractivity contribution in [2.45, 2.75) is 38.1 Å². The van der Waals surface area contributed by atoms with Gasteiger partial charge in [-0.25, -0.2) is 4.98 Å². The predicted molar refractivity (Wildman–Crippen MR) is 106 cm³/mol. The molecule has 1 N–H and O–H groups in total. The number of anilines is 1. The fourth-order valence-electron chi connectivity index (χ4n) is 3.96. The molecule has 2 aromatic heterocycles. The Hall–Kier alpha value is -2.96. The number of hydrogen-bond acceptors (Lipinski definition) is 5. The summed E-state index contributed by atoms with van der Waals surface area (Å²) in [4.78, 5) is 19.3. The summed E-state index contributed by atoms with van der Waals surface area (Å²) in [5.74, 6) is 2.68. The molecule has 2 fully saturated rings. The minimum atomic E-state index is 0.0552. The van der Waals surface area contributed by atoms with Crippen molar-refractivity contribution in [2.24, 2.45) is 5.92 Å². The molecular weight excluding hydrogens is 352 g/mol. The van der Waals surface area contributed by atoms with Gasteiger partial charge in [-0.3, -0.25) is 9.20 Å². The largest absolute Gasteiger partial charge is 0.353 e. The highest BCUT2D eigenvalue weighted by Gasteiger charge is 2.31. The molecule has 7 nitrogen and oxygen atoms in total. The number of nitrogens with zero attached hydrogens (tertiary/aromatic N) is 5. The molecular formula is C21H24N6O. The van der Waals surface area contributed by atoms with Crippen molar-refractivity contribution in [3.05, 3.63) is 54.1 Å². The zero-order valence-electron chi connectivity index (χ0n) is 15.8. The van der Waals surface area contributed by atoms with E-state index in [9.17, 15) is 4.79 Å². The van der Waals surface area contributed by atoms with Gasteiger partial charge >= 0.3 is 0 Å². The highest BCUT2D eigenvalue weighted by atomic mass is 16.1. The summed E-state index contributed by atoms with van der Waals surface area (Å²) in [6, 6.07) is 10.0. The Morgan fingerprint density at radius 2 is 1.86 bits per heavy atom. The molecule has 0 bridgehead atoms. The molecule has 1 saturated carbocycles. The van der Waals surface area contributed by atoms with Crippen molar-refractivity contribution in [3.63, 3.8) is 0 Å². The minimum Gasteiger partial charge on any atom is -0.353 e. The van der Waals surface area contributed by atoms with Crippen molar-refractivity contribution < 1.29 is 4.79 Å². The Morgan fingerprint density at radius 1 is 1.07 bits per heavy atom. The fraction of sp³-hybridized carbons (Fsp3) is 0.429. The number of piperidine rings is 1. The van der Waals surface area contributed by atoms with E-state index < -0.39 is 0 Å². The number of rotatable bonds is 5. The van der Waals surface area contributed by atoms with E-state index in [2.05, 4.69) is 29.8 Å². The van der Waals surface area contributed by atoms with Crippen LogP contribution in [0.2, 0.25) is 0 Å². The van der Waals surface area contributed by atoms with Crippen LogP contribution in [0.3, 0.4) is 0 Å². The first kappa shape index (κ1) is 17.2. The lowest BCUT2D eigenvalue weighted by Crippen LogP contribution is -2.40. The van der Waals surface area contributed by atoms with Crippen molar-refractivity contribution in [1.29, 1.82) is 0 Å². The van der Waals surface area contributed by atoms with Crippen molar-refractivity contribution in [1.82, 2.24) is 24.9 Å². The first-order chi connectivity index (χ1) is 13.8. The van der Waals surface area contributed by atoms with E-state index in [1.54, 1.807) is 0 Å². The normalized spacial score (nSPS) is 17.8. The molecule has 1 aliphatic heterocycles. The SMILES string of the molecule is O=C(NCc1ccccc1)C1CCN(c2nccn3c(C4CC4)nnc23)CC1. The van der Waals surface area contributed by atoms with Gasteiger partial charge in [-0.1, -0.05) is 30.3 Å². The Morgan fingerprint density at radius 3 is 2.61 bits per heavy atom. The molecule has 7 heteroatoms. The molecule has 1 aromatic carbocycles. The van der Waals surface area contributed by atoms with Crippen LogP contribution < -0.4 is 10.2 Å². The van der Waals surface area contributed by atoms with Gasteiger partial charge in [-0.05, 0) is 31.2 Å². The number of fused-ring (bicyclic) bond motifs is 1. The maximum absolute atomic E-state index is 12.5. The summed E-state index contributed by atoms with van der Waals surface area (Å²) in [7, 11) is 0. The highest BCUT2D eigenvalue weighted by Crippen LogP contribution is 2.39. The van der Waals surface area contributed by atoms with Gasteiger partial charge in [0.1, 0.15) is 5.82 Å². The average molecular weight is 376 g/mol. The van der Waals surface area contributed by atoms with Crippen LogP contribution in [0.25, 0.3) is 5.65 Å². The number of benzene rings is 1. The predicted octanol–water partition coefficient (Wildman–Crippen LogP) is 2.53. The number of nitrogens with one attached hydrogen (secondary N) is 1. The number of carbonyl (C=O) groups excluding carboxylic acids is 1. The van der Waals surface area contributed by atoms with Gasteiger partial charge < -0.3 is 10.2 Å². The van der Waals surface area contributed by atoms with Gasteiger partial charge in [0.2, 0.25) is 11.6 Å². The van der Waals surface area contributed by atoms with E-state index in [4.69, 9.17) is 0 Å². The second-order valence-corrected chi connectivity index (χ2v) is 7.74. The number of amides is 1. The Bertz CT molecular complexity index is 973. The molecule has 0 unspecified atom stereocenters. The lowest BCUT2D eigenvalue weighted by atomic mass is 9.96. The van der Waals surface area contributed by atoms with Crippen LogP contribution in [0.4, 0.5) is 5.82 Å². The van der Waals surface area contributed by atoms with Gasteiger partial charge in [0.15, 0.2) is 5.82 Å². The Labute approximate surface area is 163 Å². The van der Waals surface area contributed by atoms with Crippen LogP contribution in [-0.4, -0.2) is 38.6 Å². The van der Waals surface area contributed by atoms with Crippen LogP contribution in [0.15, 0.2) is 42.7 Å². The molecule has 2 aliphatic rings. The maximum atomic E-state index is 12.5. The summed E-state index contributed by atoms with van der Waals surface area (Å²) >= 11 is 0. The molecule has 144 valence electrons. The van der Waals surface area contributed by atoms with Crippen LogP contribution in [-0.2, 0) is 11.3 Å². The minimum absolute atomic E-state index is 0.0552. The molecule has 1 amide bonds. The van der Waals surface area contributed by atoms with E-state index in [0.29, 0.717) is 12.5 Å². The molecule has 0 atom stereocenters. The molecule has 3 heterocycles. The standard InChI is InChI=1S/C21H24N6O/c28-21(23-14-15-4-2-1-3-5-15)17-8-11-26(12-9-17)19-20-25-24-18(16-6-7-16)27(20)13-10-22-19/h1-5,10,13,16-17H,6-9,11-12,14H2,(H,23,28). The second-order valence-electron chi connectivity index (χ2n) is 7.74. The topological polar surface area (TPSA) is 75.4 Å². The highest BCUT2D eigenvalue weighted by molar-refractivity contribution is 5.79. The summed E-state index contributed by atoms with van der Waals surface area (Å²) in [6.07, 6.45) is 7.83. The summed E-state index contributed by atoms with van der Waals surface area (Å²) in [5, 5.41) is 11.9. The van der Waals surface area contributed by atoms with Gasteiger partial charge in [-0.15, -0.1) is 10.2 Å². The zero-order valence-corrected chi connectivity index (χ0v) is 15.8. The van der Waals surface area contributed by atoms with Gasteiger partial charge in [0.05, 0.1) is 0 Å². The summed E-state index contributed by atoms with van der Waals surface area (Å²) in [6.45, 7) is 2.20. The molecule has 5 rings (SSSR count). The molecule has 28 heavy (non-hydrogen) atoms. The van der Waals surface area contributed by atoms with Gasteiger partial charge in [0.25, 0.3) is 0 Å². The lowest BCUT2D eigenvalue weighted by molar-refractivity contribution is -0.125. The molecule has 1 saturated heterocycles. The zero-order chi connectivity index (χ0) is 18.9. The first-order valence-corrected chi connectivity index (χ1v) is 10.1. The smallest absolute Gasteiger partial charge is 0.223 e. The van der Waals surface area contributed by atoms with Gasteiger partial charge in [0, 0.05) is 43.9 Å². The third kappa shape index (κ3) is 3.32. The fourth-order valence-corrected chi connectivity index (χ4v) is 3.96. The second kappa shape index (κ2) is 7.22. The number of hydrogen-bond donors (Lipinski definition) is 1. The van der Waals surface area contributed by atoms with Crippen LogP contribution in [0.1, 0.15) is 43.0 Å². The molecule has 0 radical (unpaired) electrons. The van der Waals surface area contributed by atoms with E-state index in [1.807, 2.05) is 42.7 Å². The van der Waals surface area contributed by atoms with Crippen LogP contribution in [0.5, 0.6) is 0 Å². The monoisotopic (exact) mass is 376 g/mol. The number of carbonyl (C=O) groups is 1. The third-order valence-electron chi connectivity index (χ3n) is 5.75. The van der Waals surface area contributed by atoms with E-state index in [0.717, 1.165) is 48.8 Å². The maximum Gasteiger partial charge on any atom is 0.223 e. The average Bonchev–Trinajstić information content (AvgIpc) is 3.51. The third-order valence-corrected chi connectivity index (χ3v) is 5.75. The van der Waals surface area contributed by atoms with Crippen molar-refractivity contribution >= 4 is 17.4 Å². The van der Waals surface area contributed by atoms with Crippen molar-refractivity contribution in [3.8, 4) is 0 Å². The Balaban J connectivity index is 1.22. The van der Waals surface area contributed by atoms with Crippen LogP contribution in [0, 0.1) is 5.92 Å². The van der Waals surface area contributed by atoms with Crippen molar-refractivity contribution in [2.75, 3.05) is 18.0 Å². The van der Waals surface area contributed by atoms with E-state index in [-0.39, 0.29) is 11.8 Å². The lowest BCUT2D eigenvalue weighted by Gasteiger charge is -2.32. The Kier molecular flexibility index (Phi) is 4.43. The molecule has 3 aromatic rings. The van der Waals surface area contributed by atoms with Gasteiger partial charge in [-0.2, -0.15) is 0 Å². The van der Waals surface area contributed by atoms with E-state index in [1.165, 1.54) is 12.8 Å². The molecule has 0 spiro atoms. The number of aromatic nitrogens is 4. The summed E-state index contributed by atoms with van der Waals surface area (Å²) < 4.78 is 2.08. The quantitative estimate of drug-likeness (QED) is 0.741. The van der Waals surface area contributed by atoms with E-state index >= 15 is 0 Å². The summed E-state index contributed by atoms with van der Waals surface area (Å²) in [5.41, 5.74) is 1.96. The first-order valence-electron chi connectivity index (χ1n) is 10.1. The molecule has 1 aliphatic carbocycles. The van der Waals surface area contributed by atoms with Crippen LogP contribution >= 0.6 is 0 Å².